The van der Waals surface area contributed by atoms with E-state index in [1.54, 1.807) is 4.90 Å². The molecule has 3 amide bonds. The third-order valence-corrected chi connectivity index (χ3v) is 10.3. The number of hydrogen-bond acceptors (Lipinski definition) is 4. The van der Waals surface area contributed by atoms with Gasteiger partial charge in [0, 0.05) is 24.5 Å². The predicted octanol–water partition coefficient (Wildman–Crippen LogP) is 4.51. The zero-order valence-corrected chi connectivity index (χ0v) is 22.6. The van der Waals surface area contributed by atoms with Gasteiger partial charge in [-0.15, -0.1) is 0 Å². The number of nitrogens with one attached hydrogen (secondary N) is 1. The summed E-state index contributed by atoms with van der Waals surface area (Å²) >= 11 is 0. The highest BCUT2D eigenvalue weighted by Gasteiger charge is 2.58. The van der Waals surface area contributed by atoms with Gasteiger partial charge in [-0.2, -0.15) is 0 Å². The van der Waals surface area contributed by atoms with Gasteiger partial charge in [0.2, 0.25) is 11.8 Å². The van der Waals surface area contributed by atoms with Crippen molar-refractivity contribution in [3.05, 3.63) is 60.7 Å². The van der Waals surface area contributed by atoms with Crippen LogP contribution in [0.25, 0.3) is 0 Å². The summed E-state index contributed by atoms with van der Waals surface area (Å²) in [5.41, 5.74) is 0.824. The number of anilines is 2. The normalized spacial score (nSPS) is 30.7. The second kappa shape index (κ2) is 9.39. The summed E-state index contributed by atoms with van der Waals surface area (Å²) in [5.74, 6) is 2.35. The van der Waals surface area contributed by atoms with Crippen LogP contribution in [0.3, 0.4) is 0 Å². The SMILES string of the molecule is O=C(CN1CN(c2ccccc2)C2(CCN(C(=O)C34CC5CC(CC(C5)C3)C4)CC2)C1=O)Nc1ccccc1. The Morgan fingerprint density at radius 2 is 1.38 bits per heavy atom. The molecule has 7 nitrogen and oxygen atoms in total. The summed E-state index contributed by atoms with van der Waals surface area (Å²) in [5, 5.41) is 2.92. The summed E-state index contributed by atoms with van der Waals surface area (Å²) in [4.78, 5) is 46.9. The zero-order chi connectivity index (χ0) is 26.6. The molecule has 4 saturated carbocycles. The van der Waals surface area contributed by atoms with Crippen LogP contribution >= 0.6 is 0 Å². The Hall–Kier alpha value is -3.35. The third-order valence-electron chi connectivity index (χ3n) is 10.3. The monoisotopic (exact) mass is 526 g/mol. The number of carbonyl (C=O) groups is 3. The standard InChI is InChI=1S/C32H38N4O3/c37-28(33-26-7-3-1-4-8-26)21-35-22-36(27-9-5-2-6-10-27)32(30(35)39)11-13-34(14-12-32)29(38)31-18-23-15-24(19-31)17-25(16-23)20-31/h1-10,23-25H,11-22H2,(H,33,37). The second-order valence-electron chi connectivity index (χ2n) is 12.8. The summed E-state index contributed by atoms with van der Waals surface area (Å²) < 4.78 is 0. The van der Waals surface area contributed by atoms with Crippen LogP contribution in [0, 0.1) is 23.2 Å². The van der Waals surface area contributed by atoms with E-state index in [0.29, 0.717) is 38.5 Å². The summed E-state index contributed by atoms with van der Waals surface area (Å²) in [6, 6.07) is 19.4. The molecule has 204 valence electrons. The highest BCUT2D eigenvalue weighted by atomic mass is 16.2. The maximum Gasteiger partial charge on any atom is 0.250 e. The molecule has 6 fully saturated rings. The van der Waals surface area contributed by atoms with Crippen LogP contribution in [0.5, 0.6) is 0 Å². The molecule has 2 heterocycles. The van der Waals surface area contributed by atoms with E-state index in [4.69, 9.17) is 0 Å². The lowest BCUT2D eigenvalue weighted by Crippen LogP contribution is -2.61. The molecular formula is C32H38N4O3. The maximum atomic E-state index is 14.1. The van der Waals surface area contributed by atoms with E-state index in [1.165, 1.54) is 19.3 Å². The van der Waals surface area contributed by atoms with Crippen molar-refractivity contribution >= 4 is 29.1 Å². The van der Waals surface area contributed by atoms with E-state index in [1.807, 2.05) is 60.7 Å². The lowest BCUT2D eigenvalue weighted by atomic mass is 9.49. The summed E-state index contributed by atoms with van der Waals surface area (Å²) in [6.45, 7) is 1.57. The zero-order valence-electron chi connectivity index (χ0n) is 22.6. The highest BCUT2D eigenvalue weighted by Crippen LogP contribution is 2.60. The molecule has 4 aliphatic carbocycles. The van der Waals surface area contributed by atoms with Crippen molar-refractivity contribution in [2.24, 2.45) is 23.2 Å². The number of benzene rings is 2. The number of hydrogen-bond donors (Lipinski definition) is 1. The Bertz CT molecular complexity index is 1220. The molecule has 2 aromatic rings. The van der Waals surface area contributed by atoms with E-state index in [2.05, 4.69) is 15.1 Å². The van der Waals surface area contributed by atoms with Gasteiger partial charge in [-0.25, -0.2) is 0 Å². The van der Waals surface area contributed by atoms with E-state index < -0.39 is 5.54 Å². The quantitative estimate of drug-likeness (QED) is 0.622. The number of piperidine rings is 1. The molecule has 4 bridgehead atoms. The first kappa shape index (κ1) is 24.7. The number of carbonyl (C=O) groups excluding carboxylic acids is 3. The molecule has 2 saturated heterocycles. The van der Waals surface area contributed by atoms with Crippen molar-refractivity contribution in [1.29, 1.82) is 0 Å². The minimum atomic E-state index is -0.730. The molecular weight excluding hydrogens is 488 g/mol. The van der Waals surface area contributed by atoms with Gasteiger partial charge in [-0.05, 0) is 93.4 Å². The van der Waals surface area contributed by atoms with Crippen LogP contribution < -0.4 is 10.2 Å². The third kappa shape index (κ3) is 4.21. The van der Waals surface area contributed by atoms with Crippen LogP contribution in [0.4, 0.5) is 11.4 Å². The molecule has 0 atom stereocenters. The van der Waals surface area contributed by atoms with Gasteiger partial charge in [0.05, 0.1) is 12.1 Å². The molecule has 2 aromatic carbocycles. The fourth-order valence-electron chi connectivity index (χ4n) is 9.01. The Labute approximate surface area is 230 Å². The number of likely N-dealkylation sites (tertiary alicyclic amines) is 1. The van der Waals surface area contributed by atoms with Crippen LogP contribution in [0.2, 0.25) is 0 Å². The van der Waals surface area contributed by atoms with Gasteiger partial charge in [-0.1, -0.05) is 36.4 Å². The Balaban J connectivity index is 1.09. The molecule has 1 N–H and O–H groups in total. The first-order chi connectivity index (χ1) is 18.9. The predicted molar refractivity (Wildman–Crippen MR) is 150 cm³/mol. The van der Waals surface area contributed by atoms with Crippen LogP contribution in [0.1, 0.15) is 51.4 Å². The molecule has 0 unspecified atom stereocenters. The van der Waals surface area contributed by atoms with Crippen molar-refractivity contribution in [3.63, 3.8) is 0 Å². The fraction of sp³-hybridized carbons (Fsp3) is 0.531. The average molecular weight is 527 g/mol. The van der Waals surface area contributed by atoms with E-state index in [9.17, 15) is 14.4 Å². The maximum absolute atomic E-state index is 14.1. The molecule has 2 aliphatic heterocycles. The van der Waals surface area contributed by atoms with Gasteiger partial charge < -0.3 is 20.0 Å². The highest BCUT2D eigenvalue weighted by molar-refractivity contribution is 5.99. The van der Waals surface area contributed by atoms with E-state index in [0.717, 1.165) is 48.4 Å². The average Bonchev–Trinajstić information content (AvgIpc) is 3.19. The molecule has 8 rings (SSSR count). The molecule has 1 spiro atoms. The number of rotatable bonds is 5. The van der Waals surface area contributed by atoms with Crippen molar-refractivity contribution in [1.82, 2.24) is 9.80 Å². The fourth-order valence-corrected chi connectivity index (χ4v) is 9.01. The molecule has 0 aromatic heterocycles. The van der Waals surface area contributed by atoms with Gasteiger partial charge in [0.25, 0.3) is 5.91 Å². The number of para-hydroxylation sites is 2. The van der Waals surface area contributed by atoms with Crippen molar-refractivity contribution in [2.75, 3.05) is 36.5 Å². The molecule has 6 aliphatic rings. The Morgan fingerprint density at radius 3 is 1.97 bits per heavy atom. The number of nitrogens with zero attached hydrogens (tertiary/aromatic N) is 3. The lowest BCUT2D eigenvalue weighted by Gasteiger charge is -2.57. The van der Waals surface area contributed by atoms with Crippen molar-refractivity contribution in [2.45, 2.75) is 56.9 Å². The van der Waals surface area contributed by atoms with Gasteiger partial charge >= 0.3 is 0 Å². The Morgan fingerprint density at radius 1 is 0.821 bits per heavy atom. The minimum absolute atomic E-state index is 0.00327. The smallest absolute Gasteiger partial charge is 0.250 e. The van der Waals surface area contributed by atoms with E-state index in [-0.39, 0.29) is 23.8 Å². The molecule has 0 radical (unpaired) electrons. The first-order valence-electron chi connectivity index (χ1n) is 14.7. The van der Waals surface area contributed by atoms with Gasteiger partial charge in [0.1, 0.15) is 12.1 Å². The first-order valence-corrected chi connectivity index (χ1v) is 14.7. The summed E-state index contributed by atoms with van der Waals surface area (Å²) in [6.07, 6.45) is 8.36. The van der Waals surface area contributed by atoms with E-state index >= 15 is 0 Å². The number of amides is 3. The minimum Gasteiger partial charge on any atom is -0.342 e. The largest absolute Gasteiger partial charge is 0.342 e. The summed E-state index contributed by atoms with van der Waals surface area (Å²) in [7, 11) is 0. The molecule has 7 heteroatoms. The van der Waals surface area contributed by atoms with Crippen molar-refractivity contribution in [3.8, 4) is 0 Å². The van der Waals surface area contributed by atoms with Crippen LogP contribution in [-0.2, 0) is 14.4 Å². The van der Waals surface area contributed by atoms with Crippen LogP contribution in [-0.4, -0.2) is 59.4 Å². The second-order valence-corrected chi connectivity index (χ2v) is 12.8. The lowest BCUT2D eigenvalue weighted by molar-refractivity contribution is -0.160. The topological polar surface area (TPSA) is 73.0 Å². The van der Waals surface area contributed by atoms with Crippen LogP contribution in [0.15, 0.2) is 60.7 Å². The van der Waals surface area contributed by atoms with Crippen molar-refractivity contribution < 1.29 is 14.4 Å². The van der Waals surface area contributed by atoms with Gasteiger partial charge in [0.15, 0.2) is 0 Å². The Kier molecular flexibility index (Phi) is 5.94. The van der Waals surface area contributed by atoms with Gasteiger partial charge in [-0.3, -0.25) is 14.4 Å². The molecule has 39 heavy (non-hydrogen) atoms.